The first kappa shape index (κ1) is 4.60. The van der Waals surface area contributed by atoms with Gasteiger partial charge in [-0.25, -0.2) is 0 Å². The molecule has 0 saturated carbocycles. The molecule has 0 spiro atoms. The van der Waals surface area contributed by atoms with Gasteiger partial charge in [-0.05, 0) is 5.41 Å². The first-order valence-corrected chi connectivity index (χ1v) is 3.84. The van der Waals surface area contributed by atoms with E-state index in [0.717, 1.165) is 0 Å². The van der Waals surface area contributed by atoms with Crippen LogP contribution < -0.4 is 0 Å². The molecular weight excluding hydrogens is 112 g/mol. The van der Waals surface area contributed by atoms with Gasteiger partial charge < -0.3 is 0 Å². The highest BCUT2D eigenvalue weighted by Gasteiger charge is 1.88. The molecule has 0 atom stereocenters. The summed E-state index contributed by atoms with van der Waals surface area (Å²) in [5, 5.41) is 5.06. The van der Waals surface area contributed by atoms with Gasteiger partial charge in [0.15, 0.2) is 0 Å². The van der Waals surface area contributed by atoms with E-state index >= 15 is 0 Å². The summed E-state index contributed by atoms with van der Waals surface area (Å²) in [6.45, 7) is 0. The lowest BCUT2D eigenvalue weighted by molar-refractivity contribution is 1.56. The smallest absolute Gasteiger partial charge is 0.0276 e. The summed E-state index contributed by atoms with van der Waals surface area (Å²) in [6.07, 6.45) is 0. The van der Waals surface area contributed by atoms with Crippen LogP contribution in [0, 0.1) is 5.41 Å². The molecule has 1 heterocycles. The van der Waals surface area contributed by atoms with Crippen LogP contribution in [0.15, 0.2) is 5.41 Å². The average molecular weight is 117 g/mol. The maximum atomic E-state index is 3.04. The predicted molar refractivity (Wildman–Crippen MR) is 32.7 cm³/mol. The lowest BCUT2D eigenvalue weighted by Crippen LogP contribution is -1.81. The minimum atomic E-state index is 1.24. The van der Waals surface area contributed by atoms with Crippen molar-refractivity contribution in [2.24, 2.45) is 0 Å². The Labute approximate surface area is 46.4 Å². The molecule has 0 N–H and O–H groups in total. The zero-order valence-electron chi connectivity index (χ0n) is 3.31. The molecule has 0 aromatic rings. The van der Waals surface area contributed by atoms with Crippen molar-refractivity contribution in [2.75, 3.05) is 11.5 Å². The lowest BCUT2D eigenvalue weighted by Gasteiger charge is -1.96. The Kier molecular flexibility index (Phi) is 1.98. The van der Waals surface area contributed by atoms with Gasteiger partial charge >= 0.3 is 0 Å². The largest absolute Gasteiger partial charge is 0.132 e. The normalized spacial score (nSPS) is 21.3. The highest BCUT2D eigenvalue weighted by atomic mass is 32.2. The molecule has 1 aliphatic heterocycles. The van der Waals surface area contributed by atoms with Crippen molar-refractivity contribution in [3.05, 3.63) is 10.8 Å². The molecule has 0 bridgehead atoms. The Bertz CT molecular complexity index is 50.6. The first-order valence-electron chi connectivity index (χ1n) is 1.81. The molecule has 0 amide bonds. The number of thioether (sulfide) groups is 2. The van der Waals surface area contributed by atoms with E-state index in [1.165, 1.54) is 11.5 Å². The van der Waals surface area contributed by atoms with Crippen LogP contribution >= 0.6 is 23.5 Å². The third-order valence-corrected chi connectivity index (χ3v) is 2.34. The maximum absolute atomic E-state index is 3.04. The molecule has 6 heavy (non-hydrogen) atoms. The zero-order chi connectivity index (χ0) is 4.24. The van der Waals surface area contributed by atoms with E-state index < -0.39 is 0 Å². The summed E-state index contributed by atoms with van der Waals surface area (Å²) >= 11 is 3.61. The van der Waals surface area contributed by atoms with Crippen LogP contribution in [0.3, 0.4) is 0 Å². The summed E-state index contributed by atoms with van der Waals surface area (Å²) in [6, 6.07) is 0. The van der Waals surface area contributed by atoms with Crippen LogP contribution in [0.4, 0.5) is 0 Å². The summed E-state index contributed by atoms with van der Waals surface area (Å²) in [4.78, 5) is 0. The van der Waals surface area contributed by atoms with Crippen LogP contribution in [-0.4, -0.2) is 11.5 Å². The molecule has 1 rings (SSSR count). The third kappa shape index (κ3) is 1.27. The fraction of sp³-hybridized carbons (Fsp3) is 0.500. The van der Waals surface area contributed by atoms with Gasteiger partial charge in [-0.1, -0.05) is 0 Å². The minimum absolute atomic E-state index is 1.24. The Morgan fingerprint density at radius 2 is 2.50 bits per heavy atom. The van der Waals surface area contributed by atoms with Crippen LogP contribution in [-0.2, 0) is 0 Å². The SMILES string of the molecule is [C]1=CSCCS1. The van der Waals surface area contributed by atoms with E-state index in [2.05, 4.69) is 5.41 Å². The van der Waals surface area contributed by atoms with Crippen molar-refractivity contribution in [2.45, 2.75) is 0 Å². The van der Waals surface area contributed by atoms with Gasteiger partial charge in [-0.3, -0.25) is 0 Å². The Morgan fingerprint density at radius 3 is 2.67 bits per heavy atom. The second-order valence-corrected chi connectivity index (χ2v) is 2.86. The van der Waals surface area contributed by atoms with E-state index in [1.54, 1.807) is 11.8 Å². The second-order valence-electron chi connectivity index (χ2n) is 0.955. The molecule has 0 fully saturated rings. The van der Waals surface area contributed by atoms with E-state index in [-0.39, 0.29) is 0 Å². The van der Waals surface area contributed by atoms with Crippen molar-refractivity contribution in [1.82, 2.24) is 0 Å². The molecule has 0 aromatic carbocycles. The molecular formula is C4H5S2. The number of rotatable bonds is 0. The van der Waals surface area contributed by atoms with Gasteiger partial charge in [-0.2, -0.15) is 0 Å². The Hall–Kier alpha value is 0.440. The molecule has 33 valence electrons. The van der Waals surface area contributed by atoms with Gasteiger partial charge in [0.05, 0.1) is 0 Å². The van der Waals surface area contributed by atoms with Crippen molar-refractivity contribution in [3.8, 4) is 0 Å². The van der Waals surface area contributed by atoms with Crippen LogP contribution in [0.2, 0.25) is 0 Å². The van der Waals surface area contributed by atoms with Crippen molar-refractivity contribution >= 4 is 23.5 Å². The first-order chi connectivity index (χ1) is 3.00. The lowest BCUT2D eigenvalue weighted by atomic mass is 11.0. The maximum Gasteiger partial charge on any atom is 0.0276 e. The molecule has 1 radical (unpaired) electrons. The number of hydrogen-bond acceptors (Lipinski definition) is 2. The van der Waals surface area contributed by atoms with Crippen LogP contribution in [0.25, 0.3) is 0 Å². The van der Waals surface area contributed by atoms with Crippen molar-refractivity contribution in [1.29, 1.82) is 0 Å². The highest BCUT2D eigenvalue weighted by molar-refractivity contribution is 8.08. The third-order valence-electron chi connectivity index (χ3n) is 0.518. The Morgan fingerprint density at radius 1 is 1.50 bits per heavy atom. The zero-order valence-corrected chi connectivity index (χ0v) is 4.94. The van der Waals surface area contributed by atoms with E-state index in [0.29, 0.717) is 0 Å². The standard InChI is InChI=1S/C4H5S2/c1-2-6-4-3-5-1/h1H,3-4H2. The molecule has 0 unspecified atom stereocenters. The molecule has 2 heteroatoms. The van der Waals surface area contributed by atoms with Crippen LogP contribution in [0.1, 0.15) is 0 Å². The topological polar surface area (TPSA) is 0 Å². The fourth-order valence-electron chi connectivity index (χ4n) is 0.276. The summed E-state index contributed by atoms with van der Waals surface area (Å²) in [5.41, 5.74) is 0. The molecule has 0 aromatic heterocycles. The molecule has 0 aliphatic carbocycles. The second kappa shape index (κ2) is 2.59. The van der Waals surface area contributed by atoms with Gasteiger partial charge in [0.1, 0.15) is 0 Å². The molecule has 0 saturated heterocycles. The number of hydrogen-bond donors (Lipinski definition) is 0. The van der Waals surface area contributed by atoms with Gasteiger partial charge in [0, 0.05) is 16.9 Å². The quantitative estimate of drug-likeness (QED) is 0.474. The van der Waals surface area contributed by atoms with Crippen LogP contribution in [0.5, 0.6) is 0 Å². The molecule has 1 aliphatic rings. The highest BCUT2D eigenvalue weighted by Crippen LogP contribution is 2.15. The summed E-state index contributed by atoms with van der Waals surface area (Å²) in [7, 11) is 0. The van der Waals surface area contributed by atoms with E-state index in [4.69, 9.17) is 0 Å². The van der Waals surface area contributed by atoms with E-state index in [9.17, 15) is 0 Å². The molecule has 0 nitrogen and oxygen atoms in total. The monoisotopic (exact) mass is 117 g/mol. The van der Waals surface area contributed by atoms with Crippen molar-refractivity contribution < 1.29 is 0 Å². The average Bonchev–Trinajstić information content (AvgIpc) is 1.72. The van der Waals surface area contributed by atoms with E-state index in [1.807, 2.05) is 17.2 Å². The Balaban J connectivity index is 2.26. The predicted octanol–water partition coefficient (Wildman–Crippen LogP) is 1.74. The minimum Gasteiger partial charge on any atom is -0.132 e. The fourth-order valence-corrected chi connectivity index (χ4v) is 1.77. The van der Waals surface area contributed by atoms with Gasteiger partial charge in [0.25, 0.3) is 0 Å². The summed E-state index contributed by atoms with van der Waals surface area (Å²) in [5.74, 6) is 2.50. The summed E-state index contributed by atoms with van der Waals surface area (Å²) < 4.78 is 0. The van der Waals surface area contributed by atoms with Crippen molar-refractivity contribution in [3.63, 3.8) is 0 Å². The van der Waals surface area contributed by atoms with Gasteiger partial charge in [-0.15, -0.1) is 23.5 Å². The van der Waals surface area contributed by atoms with Gasteiger partial charge in [0.2, 0.25) is 0 Å².